The first kappa shape index (κ1) is 23.3. The van der Waals surface area contributed by atoms with E-state index in [-0.39, 0.29) is 16.9 Å². The van der Waals surface area contributed by atoms with Gasteiger partial charge in [0.15, 0.2) is 5.76 Å². The fourth-order valence-electron chi connectivity index (χ4n) is 3.38. The number of carbonyl (C=O) groups is 1. The lowest BCUT2D eigenvalue weighted by molar-refractivity contribution is -0.0436. The SMILES string of the molecule is CCNc1ccc(S(=O)(=O)C(F)(F)F)cc1NC(=O)c1cc(-c2ccco2)nc2ccccc12. The van der Waals surface area contributed by atoms with E-state index in [0.29, 0.717) is 28.9 Å². The summed E-state index contributed by atoms with van der Waals surface area (Å²) in [6.45, 7) is 2.13. The topological polar surface area (TPSA) is 101 Å². The van der Waals surface area contributed by atoms with Crippen LogP contribution in [0.15, 0.2) is 76.2 Å². The van der Waals surface area contributed by atoms with E-state index >= 15 is 0 Å². The van der Waals surface area contributed by atoms with Crippen LogP contribution in [0.4, 0.5) is 24.5 Å². The van der Waals surface area contributed by atoms with E-state index in [1.54, 1.807) is 43.3 Å². The number of nitrogens with one attached hydrogen (secondary N) is 2. The van der Waals surface area contributed by atoms with Crippen LogP contribution >= 0.6 is 0 Å². The van der Waals surface area contributed by atoms with Crippen molar-refractivity contribution in [2.75, 3.05) is 17.2 Å². The van der Waals surface area contributed by atoms with E-state index in [1.807, 2.05) is 0 Å². The Morgan fingerprint density at radius 1 is 1.03 bits per heavy atom. The number of pyridine rings is 1. The van der Waals surface area contributed by atoms with Gasteiger partial charge in [-0.2, -0.15) is 13.2 Å². The molecule has 0 saturated carbocycles. The molecule has 0 radical (unpaired) electrons. The molecule has 7 nitrogen and oxygen atoms in total. The molecule has 34 heavy (non-hydrogen) atoms. The predicted molar refractivity (Wildman–Crippen MR) is 121 cm³/mol. The molecule has 2 aromatic heterocycles. The number of fused-ring (bicyclic) bond motifs is 1. The summed E-state index contributed by atoms with van der Waals surface area (Å²) < 4.78 is 68.4. The number of furan rings is 1. The molecule has 176 valence electrons. The van der Waals surface area contributed by atoms with Crippen molar-refractivity contribution in [1.29, 1.82) is 0 Å². The smallest absolute Gasteiger partial charge is 0.463 e. The molecule has 0 atom stereocenters. The van der Waals surface area contributed by atoms with Crippen molar-refractivity contribution in [3.63, 3.8) is 0 Å². The van der Waals surface area contributed by atoms with Crippen LogP contribution in [-0.2, 0) is 9.84 Å². The van der Waals surface area contributed by atoms with Crippen molar-refractivity contribution in [1.82, 2.24) is 4.98 Å². The second-order valence-electron chi connectivity index (χ2n) is 7.19. The van der Waals surface area contributed by atoms with Crippen molar-refractivity contribution in [3.05, 3.63) is 72.5 Å². The molecule has 2 aromatic carbocycles. The first-order chi connectivity index (χ1) is 16.1. The largest absolute Gasteiger partial charge is 0.501 e. The maximum atomic E-state index is 13.3. The van der Waals surface area contributed by atoms with Crippen LogP contribution in [0.25, 0.3) is 22.4 Å². The van der Waals surface area contributed by atoms with Crippen molar-refractivity contribution in [2.24, 2.45) is 0 Å². The minimum absolute atomic E-state index is 0.113. The van der Waals surface area contributed by atoms with Gasteiger partial charge < -0.3 is 15.1 Å². The fourth-order valence-corrected chi connectivity index (χ4v) is 4.16. The highest BCUT2D eigenvalue weighted by Crippen LogP contribution is 2.34. The molecule has 0 saturated heterocycles. The van der Waals surface area contributed by atoms with Gasteiger partial charge in [0.05, 0.1) is 33.6 Å². The van der Waals surface area contributed by atoms with E-state index < -0.39 is 26.1 Å². The van der Waals surface area contributed by atoms with Crippen molar-refractivity contribution < 1.29 is 30.8 Å². The van der Waals surface area contributed by atoms with E-state index in [9.17, 15) is 26.4 Å². The average Bonchev–Trinajstić information content (AvgIpc) is 3.34. The zero-order valence-electron chi connectivity index (χ0n) is 17.7. The maximum absolute atomic E-state index is 13.3. The van der Waals surface area contributed by atoms with Crippen LogP contribution in [0.1, 0.15) is 17.3 Å². The van der Waals surface area contributed by atoms with Crippen molar-refractivity contribution in [3.8, 4) is 11.5 Å². The number of carbonyl (C=O) groups excluding carboxylic acids is 1. The minimum Gasteiger partial charge on any atom is -0.463 e. The molecule has 1 amide bonds. The van der Waals surface area contributed by atoms with Gasteiger partial charge in [-0.3, -0.25) is 4.79 Å². The van der Waals surface area contributed by atoms with Gasteiger partial charge in [0.25, 0.3) is 15.7 Å². The Morgan fingerprint density at radius 2 is 1.79 bits per heavy atom. The molecule has 0 aliphatic heterocycles. The molecule has 0 aliphatic carbocycles. The molecule has 0 fully saturated rings. The highest BCUT2D eigenvalue weighted by atomic mass is 32.2. The third-order valence-electron chi connectivity index (χ3n) is 4.96. The molecule has 4 rings (SSSR count). The number of hydrogen-bond donors (Lipinski definition) is 2. The Balaban J connectivity index is 1.80. The predicted octanol–water partition coefficient (Wildman–Crippen LogP) is 5.47. The Bertz CT molecular complexity index is 1470. The normalized spacial score (nSPS) is 12.0. The van der Waals surface area contributed by atoms with Gasteiger partial charge in [-0.15, -0.1) is 0 Å². The maximum Gasteiger partial charge on any atom is 0.501 e. The molecule has 0 bridgehead atoms. The third-order valence-corrected chi connectivity index (χ3v) is 6.44. The highest BCUT2D eigenvalue weighted by molar-refractivity contribution is 7.92. The molecule has 0 spiro atoms. The molecule has 2 heterocycles. The van der Waals surface area contributed by atoms with E-state index in [1.165, 1.54) is 18.4 Å². The molecule has 0 unspecified atom stereocenters. The Morgan fingerprint density at radius 3 is 2.47 bits per heavy atom. The summed E-state index contributed by atoms with van der Waals surface area (Å²) in [5.41, 5.74) is -4.26. The summed E-state index contributed by atoms with van der Waals surface area (Å²) in [6.07, 6.45) is 1.46. The van der Waals surface area contributed by atoms with Gasteiger partial charge in [-0.25, -0.2) is 13.4 Å². The van der Waals surface area contributed by atoms with Crippen LogP contribution in [0, 0.1) is 0 Å². The number of amides is 1. The summed E-state index contributed by atoms with van der Waals surface area (Å²) in [4.78, 5) is 16.8. The number of sulfone groups is 1. The van der Waals surface area contributed by atoms with Crippen LogP contribution in [0.3, 0.4) is 0 Å². The number of para-hydroxylation sites is 1. The minimum atomic E-state index is -5.60. The van der Waals surface area contributed by atoms with E-state index in [4.69, 9.17) is 4.42 Å². The zero-order valence-corrected chi connectivity index (χ0v) is 18.5. The number of alkyl halides is 3. The molecule has 2 N–H and O–H groups in total. The number of aromatic nitrogens is 1. The average molecular weight is 489 g/mol. The quantitative estimate of drug-likeness (QED) is 0.372. The first-order valence-electron chi connectivity index (χ1n) is 10.1. The van der Waals surface area contributed by atoms with Crippen molar-refractivity contribution >= 4 is 38.0 Å². The standard InChI is InChI=1S/C23H18F3N3O4S/c1-2-27-18-10-9-14(34(31,32)23(24,25)26)12-19(18)29-22(30)16-13-20(21-8-5-11-33-21)28-17-7-4-3-6-15(16)17/h3-13,27H,2H2,1H3,(H,29,30). The van der Waals surface area contributed by atoms with E-state index in [2.05, 4.69) is 15.6 Å². The second kappa shape index (κ2) is 8.82. The summed E-state index contributed by atoms with van der Waals surface area (Å²) in [5.74, 6) is -0.237. The van der Waals surface area contributed by atoms with Gasteiger partial charge in [0.2, 0.25) is 0 Å². The van der Waals surface area contributed by atoms with Crippen LogP contribution < -0.4 is 10.6 Å². The van der Waals surface area contributed by atoms with Crippen LogP contribution in [0.5, 0.6) is 0 Å². The second-order valence-corrected chi connectivity index (χ2v) is 9.13. The summed E-state index contributed by atoms with van der Waals surface area (Å²) in [7, 11) is -5.60. The summed E-state index contributed by atoms with van der Waals surface area (Å²) >= 11 is 0. The van der Waals surface area contributed by atoms with Gasteiger partial charge in [-0.05, 0) is 49.4 Å². The first-order valence-corrected chi connectivity index (χ1v) is 11.5. The van der Waals surface area contributed by atoms with Crippen LogP contribution in [0.2, 0.25) is 0 Å². The number of nitrogens with zero attached hydrogens (tertiary/aromatic N) is 1. The third kappa shape index (κ3) is 4.34. The summed E-state index contributed by atoms with van der Waals surface area (Å²) in [5, 5.41) is 5.95. The lowest BCUT2D eigenvalue weighted by atomic mass is 10.1. The Hall–Kier alpha value is -3.86. The number of anilines is 2. The van der Waals surface area contributed by atoms with Crippen molar-refractivity contribution in [2.45, 2.75) is 17.3 Å². The molecular formula is C23H18F3N3O4S. The zero-order chi connectivity index (χ0) is 24.5. The number of halogens is 3. The number of rotatable bonds is 6. The molecule has 0 aliphatic rings. The van der Waals surface area contributed by atoms with E-state index in [0.717, 1.165) is 12.1 Å². The fraction of sp³-hybridized carbons (Fsp3) is 0.130. The monoisotopic (exact) mass is 489 g/mol. The lowest BCUT2D eigenvalue weighted by Gasteiger charge is -2.16. The molecular weight excluding hydrogens is 471 g/mol. The highest BCUT2D eigenvalue weighted by Gasteiger charge is 2.47. The van der Waals surface area contributed by atoms with Crippen LogP contribution in [-0.4, -0.2) is 31.4 Å². The van der Waals surface area contributed by atoms with Gasteiger partial charge in [0.1, 0.15) is 5.69 Å². The molecule has 4 aromatic rings. The molecule has 11 heteroatoms. The van der Waals surface area contributed by atoms with Gasteiger partial charge in [-0.1, -0.05) is 18.2 Å². The van der Waals surface area contributed by atoms with Gasteiger partial charge in [0, 0.05) is 11.9 Å². The summed E-state index contributed by atoms with van der Waals surface area (Å²) in [6, 6.07) is 14.5. The number of hydrogen-bond acceptors (Lipinski definition) is 6. The number of benzene rings is 2. The lowest BCUT2D eigenvalue weighted by Crippen LogP contribution is -2.23. The Labute approximate surface area is 192 Å². The van der Waals surface area contributed by atoms with Gasteiger partial charge >= 0.3 is 5.51 Å². The Kier molecular flexibility index (Phi) is 6.05.